The second-order valence-electron chi connectivity index (χ2n) is 3.39. The molecular weight excluding hydrogens is 235 g/mol. The first kappa shape index (κ1) is 13.3. The third-order valence-electron chi connectivity index (χ3n) is 1.97. The summed E-state index contributed by atoms with van der Waals surface area (Å²) in [6.45, 7) is 1.62. The molecule has 0 aliphatic rings. The molecule has 1 amide bonds. The fourth-order valence-corrected chi connectivity index (χ4v) is 1.31. The molecule has 0 spiro atoms. The molecule has 0 saturated carbocycles. The predicted octanol–water partition coefficient (Wildman–Crippen LogP) is 2.26. The molecule has 0 atom stereocenters. The number of carbonyl (C=O) groups excluding carboxylic acids is 1. The van der Waals surface area contributed by atoms with Crippen molar-refractivity contribution in [3.05, 3.63) is 29.8 Å². The summed E-state index contributed by atoms with van der Waals surface area (Å²) in [6, 6.07) is 5.86. The summed E-state index contributed by atoms with van der Waals surface area (Å²) in [7, 11) is 0. The highest BCUT2D eigenvalue weighted by Crippen LogP contribution is 2.26. The van der Waals surface area contributed by atoms with Crippen LogP contribution in [-0.2, 0) is 11.2 Å². The van der Waals surface area contributed by atoms with E-state index in [4.69, 9.17) is 0 Å². The Bertz CT molecular complexity index is 391. The van der Waals surface area contributed by atoms with Gasteiger partial charge in [0.1, 0.15) is 5.75 Å². The summed E-state index contributed by atoms with van der Waals surface area (Å²) in [4.78, 5) is 10.6. The Balaban J connectivity index is 2.67. The summed E-state index contributed by atoms with van der Waals surface area (Å²) in [5.74, 6) is -0.454. The van der Waals surface area contributed by atoms with E-state index in [1.165, 1.54) is 25.1 Å². The molecule has 0 radical (unpaired) electrons. The Labute approximate surface area is 96.6 Å². The number of rotatable bonds is 4. The van der Waals surface area contributed by atoms with Crippen molar-refractivity contribution < 1.29 is 22.7 Å². The molecule has 1 N–H and O–H groups in total. The van der Waals surface area contributed by atoms with Crippen LogP contribution in [0.4, 0.5) is 13.2 Å². The number of amides is 1. The van der Waals surface area contributed by atoms with Gasteiger partial charge in [0.15, 0.2) is 0 Å². The largest absolute Gasteiger partial charge is 0.573 e. The van der Waals surface area contributed by atoms with Gasteiger partial charge >= 0.3 is 6.36 Å². The monoisotopic (exact) mass is 247 g/mol. The topological polar surface area (TPSA) is 38.3 Å². The first-order valence-electron chi connectivity index (χ1n) is 4.96. The highest BCUT2D eigenvalue weighted by molar-refractivity contribution is 5.72. The van der Waals surface area contributed by atoms with Crippen molar-refractivity contribution in [1.82, 2.24) is 5.32 Å². The molecule has 0 fully saturated rings. The van der Waals surface area contributed by atoms with Gasteiger partial charge in [0, 0.05) is 13.5 Å². The predicted molar refractivity (Wildman–Crippen MR) is 55.5 cm³/mol. The number of hydrogen-bond acceptors (Lipinski definition) is 2. The molecule has 0 heterocycles. The Hall–Kier alpha value is -1.72. The molecule has 3 nitrogen and oxygen atoms in total. The Kier molecular flexibility index (Phi) is 4.37. The molecule has 6 heteroatoms. The molecule has 1 rings (SSSR count). The second kappa shape index (κ2) is 5.56. The number of nitrogens with one attached hydrogen (secondary N) is 1. The van der Waals surface area contributed by atoms with Crippen LogP contribution in [0.1, 0.15) is 12.5 Å². The number of ether oxygens (including phenoxy) is 1. The maximum Gasteiger partial charge on any atom is 0.573 e. The van der Waals surface area contributed by atoms with Crippen molar-refractivity contribution in [3.8, 4) is 5.75 Å². The van der Waals surface area contributed by atoms with Gasteiger partial charge in [0.2, 0.25) is 5.91 Å². The summed E-state index contributed by atoms with van der Waals surface area (Å²) in [5.41, 5.74) is 0.401. The van der Waals surface area contributed by atoms with Gasteiger partial charge in [0.25, 0.3) is 0 Å². The van der Waals surface area contributed by atoms with Crippen molar-refractivity contribution >= 4 is 5.91 Å². The zero-order valence-electron chi connectivity index (χ0n) is 9.17. The van der Waals surface area contributed by atoms with E-state index in [0.717, 1.165) is 0 Å². The minimum atomic E-state index is -4.70. The van der Waals surface area contributed by atoms with E-state index in [1.807, 2.05) is 0 Å². The first-order valence-corrected chi connectivity index (χ1v) is 4.96. The van der Waals surface area contributed by atoms with Gasteiger partial charge in [-0.3, -0.25) is 4.79 Å². The van der Waals surface area contributed by atoms with E-state index in [1.54, 1.807) is 6.07 Å². The maximum atomic E-state index is 12.1. The van der Waals surface area contributed by atoms with Crippen LogP contribution < -0.4 is 10.1 Å². The van der Waals surface area contributed by atoms with Crippen LogP contribution in [0.5, 0.6) is 5.75 Å². The zero-order chi connectivity index (χ0) is 12.9. The highest BCUT2D eigenvalue weighted by atomic mass is 19.4. The molecule has 1 aromatic rings. The number of halogens is 3. The minimum Gasteiger partial charge on any atom is -0.406 e. The van der Waals surface area contributed by atoms with Gasteiger partial charge in [-0.25, -0.2) is 0 Å². The van der Waals surface area contributed by atoms with Gasteiger partial charge in [-0.2, -0.15) is 0 Å². The lowest BCUT2D eigenvalue weighted by Crippen LogP contribution is -2.23. The Morgan fingerprint density at radius 3 is 2.59 bits per heavy atom. The maximum absolute atomic E-state index is 12.1. The molecule has 17 heavy (non-hydrogen) atoms. The van der Waals surface area contributed by atoms with Gasteiger partial charge in [-0.05, 0) is 18.1 Å². The van der Waals surface area contributed by atoms with E-state index >= 15 is 0 Å². The Morgan fingerprint density at radius 2 is 2.00 bits per heavy atom. The molecule has 0 saturated heterocycles. The summed E-state index contributed by atoms with van der Waals surface area (Å²) in [6.07, 6.45) is -4.42. The van der Waals surface area contributed by atoms with E-state index in [-0.39, 0.29) is 24.6 Å². The lowest BCUT2D eigenvalue weighted by atomic mass is 10.1. The van der Waals surface area contributed by atoms with E-state index < -0.39 is 6.36 Å². The lowest BCUT2D eigenvalue weighted by Gasteiger charge is -2.13. The average molecular weight is 247 g/mol. The van der Waals surface area contributed by atoms with Gasteiger partial charge in [-0.1, -0.05) is 18.2 Å². The molecule has 1 aromatic carbocycles. The fourth-order valence-electron chi connectivity index (χ4n) is 1.31. The smallest absolute Gasteiger partial charge is 0.406 e. The second-order valence-corrected chi connectivity index (χ2v) is 3.39. The molecule has 94 valence electrons. The summed E-state index contributed by atoms with van der Waals surface area (Å²) in [5, 5.41) is 2.51. The van der Waals surface area contributed by atoms with Crippen LogP contribution in [0.2, 0.25) is 0 Å². The number of benzene rings is 1. The lowest BCUT2D eigenvalue weighted by molar-refractivity contribution is -0.274. The highest BCUT2D eigenvalue weighted by Gasteiger charge is 2.31. The van der Waals surface area contributed by atoms with Gasteiger partial charge < -0.3 is 10.1 Å². The summed E-state index contributed by atoms with van der Waals surface area (Å²) < 4.78 is 40.1. The summed E-state index contributed by atoms with van der Waals surface area (Å²) >= 11 is 0. The van der Waals surface area contributed by atoms with Crippen LogP contribution in [0, 0.1) is 0 Å². The van der Waals surface area contributed by atoms with Crippen molar-refractivity contribution in [2.45, 2.75) is 19.7 Å². The SMILES string of the molecule is CC(=O)NCCc1ccccc1OC(F)(F)F. The van der Waals surface area contributed by atoms with E-state index in [0.29, 0.717) is 5.56 Å². The van der Waals surface area contributed by atoms with E-state index in [9.17, 15) is 18.0 Å². The first-order chi connectivity index (χ1) is 7.88. The van der Waals surface area contributed by atoms with Crippen molar-refractivity contribution in [1.29, 1.82) is 0 Å². The van der Waals surface area contributed by atoms with Crippen LogP contribution in [0.3, 0.4) is 0 Å². The third-order valence-corrected chi connectivity index (χ3v) is 1.97. The normalized spacial score (nSPS) is 11.1. The molecule has 0 aliphatic carbocycles. The van der Waals surface area contributed by atoms with E-state index in [2.05, 4.69) is 10.1 Å². The van der Waals surface area contributed by atoms with Crippen LogP contribution in [0.25, 0.3) is 0 Å². The zero-order valence-corrected chi connectivity index (χ0v) is 9.17. The molecule has 0 unspecified atom stereocenters. The van der Waals surface area contributed by atoms with Crippen LogP contribution in [0.15, 0.2) is 24.3 Å². The molecular formula is C11H12F3NO2. The molecule has 0 aromatic heterocycles. The quantitative estimate of drug-likeness (QED) is 0.886. The van der Waals surface area contributed by atoms with Crippen molar-refractivity contribution in [2.24, 2.45) is 0 Å². The number of hydrogen-bond donors (Lipinski definition) is 1. The van der Waals surface area contributed by atoms with Crippen molar-refractivity contribution in [3.63, 3.8) is 0 Å². The van der Waals surface area contributed by atoms with Crippen LogP contribution in [-0.4, -0.2) is 18.8 Å². The fraction of sp³-hybridized carbons (Fsp3) is 0.364. The Morgan fingerprint density at radius 1 is 1.35 bits per heavy atom. The molecule has 0 aliphatic heterocycles. The average Bonchev–Trinajstić information content (AvgIpc) is 2.17. The third kappa shape index (κ3) is 5.24. The minimum absolute atomic E-state index is 0.223. The number of carbonyl (C=O) groups is 1. The van der Waals surface area contributed by atoms with Gasteiger partial charge in [-0.15, -0.1) is 13.2 Å². The van der Waals surface area contributed by atoms with Crippen molar-refractivity contribution in [2.75, 3.05) is 6.54 Å². The number of para-hydroxylation sites is 1. The van der Waals surface area contributed by atoms with Crippen LogP contribution >= 0.6 is 0 Å². The van der Waals surface area contributed by atoms with Gasteiger partial charge in [0.05, 0.1) is 0 Å². The molecule has 0 bridgehead atoms. The number of alkyl halides is 3. The standard InChI is InChI=1S/C11H12F3NO2/c1-8(16)15-7-6-9-4-2-3-5-10(9)17-11(12,13)14/h2-5H,6-7H2,1H3,(H,15,16).